The first-order valence-electron chi connectivity index (χ1n) is 2.44. The summed E-state index contributed by atoms with van der Waals surface area (Å²) in [4.78, 5) is 21.1. The number of nitrogens with zero attached hydrogens (tertiary/aromatic N) is 1. The number of nitrogens with two attached hydrogens (primary N) is 1. The molecule has 0 bridgehead atoms. The second kappa shape index (κ2) is 1.66. The van der Waals surface area contributed by atoms with E-state index in [0.29, 0.717) is 10.6 Å². The number of hydrazine groups is 1. The van der Waals surface area contributed by atoms with Gasteiger partial charge < -0.3 is 0 Å². The van der Waals surface area contributed by atoms with Gasteiger partial charge >= 0.3 is 0 Å². The van der Waals surface area contributed by atoms with Crippen molar-refractivity contribution in [2.45, 2.75) is 6.92 Å². The summed E-state index contributed by atoms with van der Waals surface area (Å²) in [6.07, 6.45) is 1.21. The van der Waals surface area contributed by atoms with Crippen LogP contribution < -0.4 is 5.84 Å². The predicted octanol–water partition coefficient (Wildman–Crippen LogP) is -0.825. The van der Waals surface area contributed by atoms with Crippen LogP contribution in [-0.2, 0) is 9.59 Å². The van der Waals surface area contributed by atoms with Crippen LogP contribution in [-0.4, -0.2) is 16.8 Å². The van der Waals surface area contributed by atoms with E-state index in [1.807, 2.05) is 0 Å². The minimum Gasteiger partial charge on any atom is -0.268 e. The zero-order valence-electron chi connectivity index (χ0n) is 4.92. The summed E-state index contributed by atoms with van der Waals surface area (Å²) in [6, 6.07) is 0. The van der Waals surface area contributed by atoms with Crippen LogP contribution in [0.2, 0.25) is 0 Å². The lowest BCUT2D eigenvalue weighted by Gasteiger charge is -2.02. The summed E-state index contributed by atoms with van der Waals surface area (Å²) >= 11 is 0. The van der Waals surface area contributed by atoms with Gasteiger partial charge in [-0.15, -0.1) is 0 Å². The summed E-state index contributed by atoms with van der Waals surface area (Å²) in [7, 11) is 0. The molecule has 1 rings (SSSR count). The Hall–Kier alpha value is -1.16. The Balaban J connectivity index is 2.95. The van der Waals surface area contributed by atoms with Crippen LogP contribution in [0.15, 0.2) is 11.6 Å². The minimum absolute atomic E-state index is 0.391. The Morgan fingerprint density at radius 1 is 1.56 bits per heavy atom. The molecule has 1 aliphatic heterocycles. The fraction of sp³-hybridized carbons (Fsp3) is 0.200. The molecular formula is C5H6N2O2. The molecule has 0 unspecified atom stereocenters. The summed E-state index contributed by atoms with van der Waals surface area (Å²) in [5.41, 5.74) is 0.391. The Morgan fingerprint density at radius 3 is 2.22 bits per heavy atom. The van der Waals surface area contributed by atoms with Crippen molar-refractivity contribution in [3.05, 3.63) is 11.6 Å². The van der Waals surface area contributed by atoms with Crippen molar-refractivity contribution in [3.8, 4) is 0 Å². The van der Waals surface area contributed by atoms with E-state index in [-0.39, 0.29) is 0 Å². The SMILES string of the molecule is CC1=CC(=O)N(N)C1=O. The fourth-order valence-corrected chi connectivity index (χ4v) is 0.607. The predicted molar refractivity (Wildman–Crippen MR) is 29.8 cm³/mol. The second-order valence-electron chi connectivity index (χ2n) is 1.84. The number of hydrogen-bond donors (Lipinski definition) is 1. The summed E-state index contributed by atoms with van der Waals surface area (Å²) in [6.45, 7) is 1.55. The molecule has 48 valence electrons. The summed E-state index contributed by atoms with van der Waals surface area (Å²) in [5, 5.41) is 0.593. The highest BCUT2D eigenvalue weighted by Crippen LogP contribution is 2.06. The zero-order valence-corrected chi connectivity index (χ0v) is 4.92. The largest absolute Gasteiger partial charge is 0.270 e. The van der Waals surface area contributed by atoms with Crippen molar-refractivity contribution in [2.75, 3.05) is 0 Å². The molecule has 0 aromatic heterocycles. The maximum absolute atomic E-state index is 10.6. The van der Waals surface area contributed by atoms with Gasteiger partial charge in [0.15, 0.2) is 0 Å². The molecule has 0 radical (unpaired) electrons. The molecule has 0 spiro atoms. The Morgan fingerprint density at radius 2 is 2.11 bits per heavy atom. The summed E-state index contributed by atoms with van der Waals surface area (Å²) in [5.74, 6) is 4.13. The van der Waals surface area contributed by atoms with Gasteiger partial charge in [-0.2, -0.15) is 0 Å². The van der Waals surface area contributed by atoms with E-state index in [1.54, 1.807) is 6.92 Å². The van der Waals surface area contributed by atoms with E-state index < -0.39 is 11.8 Å². The molecule has 4 nitrogen and oxygen atoms in total. The zero-order chi connectivity index (χ0) is 7.02. The van der Waals surface area contributed by atoms with Crippen LogP contribution in [0.4, 0.5) is 0 Å². The molecule has 0 aliphatic carbocycles. The molecule has 0 atom stereocenters. The quantitative estimate of drug-likeness (QED) is 0.262. The monoisotopic (exact) mass is 126 g/mol. The molecule has 2 amide bonds. The van der Waals surface area contributed by atoms with Crippen LogP contribution >= 0.6 is 0 Å². The van der Waals surface area contributed by atoms with E-state index in [0.717, 1.165) is 0 Å². The molecule has 2 N–H and O–H groups in total. The van der Waals surface area contributed by atoms with Gasteiger partial charge in [-0.05, 0) is 6.92 Å². The van der Waals surface area contributed by atoms with Crippen LogP contribution in [0.3, 0.4) is 0 Å². The third-order valence-corrected chi connectivity index (χ3v) is 1.13. The van der Waals surface area contributed by atoms with Gasteiger partial charge in [0.2, 0.25) is 0 Å². The van der Waals surface area contributed by atoms with Crippen molar-refractivity contribution in [3.63, 3.8) is 0 Å². The highest BCUT2D eigenvalue weighted by molar-refractivity contribution is 6.15. The van der Waals surface area contributed by atoms with Gasteiger partial charge in [0.1, 0.15) is 0 Å². The number of carbonyl (C=O) groups excluding carboxylic acids is 2. The third-order valence-electron chi connectivity index (χ3n) is 1.13. The normalized spacial score (nSPS) is 18.9. The maximum atomic E-state index is 10.6. The Kier molecular flexibility index (Phi) is 1.10. The molecular weight excluding hydrogens is 120 g/mol. The summed E-state index contributed by atoms with van der Waals surface area (Å²) < 4.78 is 0. The number of hydrogen-bond acceptors (Lipinski definition) is 3. The van der Waals surface area contributed by atoms with Crippen molar-refractivity contribution in [1.82, 2.24) is 5.01 Å². The van der Waals surface area contributed by atoms with Gasteiger partial charge in [0, 0.05) is 11.6 Å². The van der Waals surface area contributed by atoms with Crippen LogP contribution in [0, 0.1) is 0 Å². The molecule has 1 aliphatic rings. The van der Waals surface area contributed by atoms with Gasteiger partial charge in [-0.3, -0.25) is 9.59 Å². The lowest BCUT2D eigenvalue weighted by molar-refractivity contribution is -0.137. The minimum atomic E-state index is -0.447. The lowest BCUT2D eigenvalue weighted by Crippen LogP contribution is -2.37. The van der Waals surface area contributed by atoms with Gasteiger partial charge in [0.05, 0.1) is 0 Å². The fourth-order valence-electron chi connectivity index (χ4n) is 0.607. The van der Waals surface area contributed by atoms with Crippen molar-refractivity contribution in [2.24, 2.45) is 5.84 Å². The van der Waals surface area contributed by atoms with Crippen LogP contribution in [0.5, 0.6) is 0 Å². The van der Waals surface area contributed by atoms with E-state index >= 15 is 0 Å². The number of rotatable bonds is 0. The highest BCUT2D eigenvalue weighted by atomic mass is 16.2. The molecule has 0 saturated carbocycles. The Labute approximate surface area is 51.9 Å². The molecule has 1 heterocycles. The van der Waals surface area contributed by atoms with Crippen molar-refractivity contribution in [1.29, 1.82) is 0 Å². The molecule has 0 saturated heterocycles. The van der Waals surface area contributed by atoms with E-state index in [1.165, 1.54) is 6.08 Å². The maximum Gasteiger partial charge on any atom is 0.270 e. The first kappa shape index (κ1) is 5.97. The molecule has 0 fully saturated rings. The van der Waals surface area contributed by atoms with Gasteiger partial charge in [-0.25, -0.2) is 10.9 Å². The van der Waals surface area contributed by atoms with Gasteiger partial charge in [-0.1, -0.05) is 0 Å². The smallest absolute Gasteiger partial charge is 0.268 e. The lowest BCUT2D eigenvalue weighted by atomic mass is 10.3. The average molecular weight is 126 g/mol. The third kappa shape index (κ3) is 0.728. The average Bonchev–Trinajstić information content (AvgIpc) is 1.98. The number of amides is 2. The van der Waals surface area contributed by atoms with Crippen LogP contribution in [0.1, 0.15) is 6.92 Å². The first-order valence-corrected chi connectivity index (χ1v) is 2.44. The van der Waals surface area contributed by atoms with E-state index in [2.05, 4.69) is 0 Å². The second-order valence-corrected chi connectivity index (χ2v) is 1.84. The number of carbonyl (C=O) groups is 2. The molecule has 9 heavy (non-hydrogen) atoms. The van der Waals surface area contributed by atoms with Crippen LogP contribution in [0.25, 0.3) is 0 Å². The standard InChI is InChI=1S/C5H6N2O2/c1-3-2-4(8)7(6)5(3)9/h2H,6H2,1H3. The molecule has 0 aromatic carbocycles. The molecule has 4 heteroatoms. The van der Waals surface area contributed by atoms with Crippen molar-refractivity contribution >= 4 is 11.8 Å². The van der Waals surface area contributed by atoms with Crippen molar-refractivity contribution < 1.29 is 9.59 Å². The van der Waals surface area contributed by atoms with E-state index in [4.69, 9.17) is 5.84 Å². The van der Waals surface area contributed by atoms with Gasteiger partial charge in [0.25, 0.3) is 11.8 Å². The van der Waals surface area contributed by atoms with E-state index in [9.17, 15) is 9.59 Å². The first-order chi connectivity index (χ1) is 4.13. The molecule has 0 aromatic rings. The topological polar surface area (TPSA) is 63.4 Å². The Bertz CT molecular complexity index is 207. The number of imide groups is 1. The highest BCUT2D eigenvalue weighted by Gasteiger charge is 2.24.